The van der Waals surface area contributed by atoms with E-state index in [0.717, 1.165) is 22.2 Å². The van der Waals surface area contributed by atoms with E-state index < -0.39 is 10.1 Å². The number of benzene rings is 1. The van der Waals surface area contributed by atoms with Crippen LogP contribution in [0.3, 0.4) is 0 Å². The highest BCUT2D eigenvalue weighted by Gasteiger charge is 2.17. The van der Waals surface area contributed by atoms with E-state index in [9.17, 15) is 4.21 Å². The second-order valence-corrected chi connectivity index (χ2v) is 11.2. The first kappa shape index (κ1) is 21.5. The Hall–Kier alpha value is -2.68. The zero-order valence-corrected chi connectivity index (χ0v) is 19.5. The molecule has 0 saturated heterocycles. The van der Waals surface area contributed by atoms with Crippen LogP contribution in [0.2, 0.25) is 10.0 Å². The van der Waals surface area contributed by atoms with E-state index in [-0.39, 0.29) is 6.10 Å². The van der Waals surface area contributed by atoms with Gasteiger partial charge in [-0.1, -0.05) is 23.2 Å². The van der Waals surface area contributed by atoms with Crippen LogP contribution in [0.25, 0.3) is 22.2 Å². The van der Waals surface area contributed by atoms with Crippen LogP contribution in [0.1, 0.15) is 18.6 Å². The van der Waals surface area contributed by atoms with Gasteiger partial charge in [-0.2, -0.15) is 5.10 Å². The highest BCUT2D eigenvalue weighted by atomic mass is 35.5. The zero-order valence-electron chi connectivity index (χ0n) is 17.1. The largest absolute Gasteiger partial charge is 0.486 e. The molecule has 0 radical (unpaired) electrons. The van der Waals surface area contributed by atoms with Gasteiger partial charge in [-0.15, -0.1) is 0 Å². The van der Waals surface area contributed by atoms with Crippen molar-refractivity contribution >= 4 is 50.0 Å². The number of rotatable bonds is 6. The summed E-state index contributed by atoms with van der Waals surface area (Å²) in [4.78, 5) is 8.33. The molecule has 3 aromatic heterocycles. The molecular formula is C21H21Cl2N5O2S. The van der Waals surface area contributed by atoms with Crippen LogP contribution in [0.15, 0.2) is 48.9 Å². The SMILES string of the molecule is C[C@H](Oc1ccc2[nH]nc(-c3ccc(N[SH](C)(C)=O)nc3)c2c1)c1c(Cl)cncc1Cl. The lowest BCUT2D eigenvalue weighted by Gasteiger charge is -2.17. The molecule has 0 aliphatic rings. The van der Waals surface area contributed by atoms with Crippen molar-refractivity contribution in [1.29, 1.82) is 0 Å². The second kappa shape index (κ2) is 8.45. The van der Waals surface area contributed by atoms with Crippen molar-refractivity contribution in [3.8, 4) is 17.0 Å². The molecule has 0 fully saturated rings. The Morgan fingerprint density at radius 1 is 1.10 bits per heavy atom. The van der Waals surface area contributed by atoms with Crippen LogP contribution in [-0.2, 0) is 10.1 Å². The highest BCUT2D eigenvalue weighted by Crippen LogP contribution is 2.34. The number of thiol groups is 1. The fourth-order valence-electron chi connectivity index (χ4n) is 3.24. The number of fused-ring (bicyclic) bond motifs is 1. The molecule has 31 heavy (non-hydrogen) atoms. The molecule has 10 heteroatoms. The highest BCUT2D eigenvalue weighted by molar-refractivity contribution is 8.02. The molecule has 7 nitrogen and oxygen atoms in total. The van der Waals surface area contributed by atoms with Crippen molar-refractivity contribution in [3.63, 3.8) is 0 Å². The van der Waals surface area contributed by atoms with E-state index in [2.05, 4.69) is 24.9 Å². The molecule has 1 atom stereocenters. The predicted octanol–water partition coefficient (Wildman–Crippen LogP) is 5.07. The molecule has 0 amide bonds. The molecule has 2 N–H and O–H groups in total. The number of hydrogen-bond acceptors (Lipinski definition) is 5. The van der Waals surface area contributed by atoms with Gasteiger partial charge in [0.25, 0.3) is 0 Å². The van der Waals surface area contributed by atoms with E-state index in [0.29, 0.717) is 27.2 Å². The maximum absolute atomic E-state index is 11.9. The van der Waals surface area contributed by atoms with Gasteiger partial charge in [0.05, 0.1) is 15.6 Å². The van der Waals surface area contributed by atoms with Gasteiger partial charge in [0.2, 0.25) is 0 Å². The third-order valence-corrected chi connectivity index (χ3v) is 5.93. The summed E-state index contributed by atoms with van der Waals surface area (Å²) in [5.74, 6) is 1.21. The number of aromatic nitrogens is 4. The maximum atomic E-state index is 11.9. The average molecular weight is 478 g/mol. The number of nitrogens with zero attached hydrogens (tertiary/aromatic N) is 3. The Bertz CT molecular complexity index is 1270. The van der Waals surface area contributed by atoms with Crippen LogP contribution in [0, 0.1) is 0 Å². The van der Waals surface area contributed by atoms with Crippen LogP contribution < -0.4 is 9.46 Å². The Kier molecular flexibility index (Phi) is 5.88. The zero-order chi connectivity index (χ0) is 22.2. The molecule has 4 rings (SSSR count). The van der Waals surface area contributed by atoms with Crippen LogP contribution in [0.4, 0.5) is 5.82 Å². The first-order valence-electron chi connectivity index (χ1n) is 9.44. The molecule has 4 aromatic rings. The molecule has 0 bridgehead atoms. The van der Waals surface area contributed by atoms with Crippen molar-refractivity contribution < 1.29 is 8.95 Å². The molecule has 1 aromatic carbocycles. The fourth-order valence-corrected chi connectivity index (χ4v) is 4.59. The monoisotopic (exact) mass is 477 g/mol. The quantitative estimate of drug-likeness (QED) is 0.337. The van der Waals surface area contributed by atoms with Crippen LogP contribution in [0.5, 0.6) is 5.75 Å². The van der Waals surface area contributed by atoms with Gasteiger partial charge in [-0.25, -0.2) is 4.98 Å². The third-order valence-electron chi connectivity index (χ3n) is 4.56. The molecule has 0 saturated carbocycles. The van der Waals surface area contributed by atoms with Gasteiger partial charge in [-0.3, -0.25) is 14.3 Å². The Morgan fingerprint density at radius 2 is 1.84 bits per heavy atom. The van der Waals surface area contributed by atoms with Gasteiger partial charge in [0.1, 0.15) is 23.4 Å². The third kappa shape index (κ3) is 4.81. The number of nitrogens with one attached hydrogen (secondary N) is 2. The summed E-state index contributed by atoms with van der Waals surface area (Å²) in [6, 6.07) is 9.33. The number of aromatic amines is 1. The number of pyridine rings is 2. The van der Waals surface area contributed by atoms with E-state index in [1.54, 1.807) is 37.2 Å². The van der Waals surface area contributed by atoms with Gasteiger partial charge >= 0.3 is 0 Å². The van der Waals surface area contributed by atoms with Gasteiger partial charge in [-0.05, 0) is 47.4 Å². The van der Waals surface area contributed by atoms with Gasteiger partial charge < -0.3 is 9.46 Å². The van der Waals surface area contributed by atoms with Crippen molar-refractivity contribution in [2.24, 2.45) is 0 Å². The summed E-state index contributed by atoms with van der Waals surface area (Å²) in [7, 11) is -2.43. The lowest BCUT2D eigenvalue weighted by Crippen LogP contribution is -2.18. The lowest BCUT2D eigenvalue weighted by atomic mass is 10.1. The second-order valence-electron chi connectivity index (χ2n) is 7.45. The topological polar surface area (TPSA) is 92.8 Å². The normalized spacial score (nSPS) is 13.2. The van der Waals surface area contributed by atoms with Crippen LogP contribution in [-0.4, -0.2) is 36.9 Å². The van der Waals surface area contributed by atoms with E-state index in [1.807, 2.05) is 31.2 Å². The van der Waals surface area contributed by atoms with Crippen molar-refractivity contribution in [2.75, 3.05) is 17.2 Å². The van der Waals surface area contributed by atoms with E-state index in [4.69, 9.17) is 27.9 Å². The lowest BCUT2D eigenvalue weighted by molar-refractivity contribution is 0.227. The van der Waals surface area contributed by atoms with Crippen molar-refractivity contribution in [2.45, 2.75) is 13.0 Å². The summed E-state index contributed by atoms with van der Waals surface area (Å²) >= 11 is 12.5. The van der Waals surface area contributed by atoms with E-state index >= 15 is 0 Å². The Balaban J connectivity index is 1.63. The summed E-state index contributed by atoms with van der Waals surface area (Å²) in [5.41, 5.74) is 3.11. The fraction of sp³-hybridized carbons (Fsp3) is 0.190. The van der Waals surface area contributed by atoms with Gasteiger partial charge in [0.15, 0.2) is 0 Å². The molecule has 0 aliphatic heterocycles. The predicted molar refractivity (Wildman–Crippen MR) is 128 cm³/mol. The molecule has 3 heterocycles. The minimum Gasteiger partial charge on any atom is -0.486 e. The number of ether oxygens (including phenoxy) is 1. The Labute approximate surface area is 190 Å². The van der Waals surface area contributed by atoms with Crippen LogP contribution >= 0.6 is 23.2 Å². The minimum atomic E-state index is -2.43. The first-order chi connectivity index (χ1) is 14.7. The molecular weight excluding hydrogens is 457 g/mol. The summed E-state index contributed by atoms with van der Waals surface area (Å²) < 4.78 is 21.0. The maximum Gasteiger partial charge on any atom is 0.136 e. The van der Waals surface area contributed by atoms with Crippen molar-refractivity contribution in [1.82, 2.24) is 20.2 Å². The number of anilines is 1. The molecule has 162 valence electrons. The summed E-state index contributed by atoms with van der Waals surface area (Å²) in [6.45, 7) is 1.88. The first-order valence-corrected chi connectivity index (χ1v) is 12.8. The summed E-state index contributed by atoms with van der Waals surface area (Å²) in [5, 5.41) is 9.25. The Morgan fingerprint density at radius 3 is 2.48 bits per heavy atom. The standard InChI is InChI=1S/C21H21Cl2N5O2S/c1-12(20-16(22)10-24-11-17(20)23)30-14-5-6-18-15(8-14)21(27-26-18)13-4-7-19(25-9-13)28-31(2,3)29/h4-12,31H,1-3H3,(H,26,27)(H,25,28,29)/t12-/m0/s1. The number of H-pyrrole nitrogens is 1. The average Bonchev–Trinajstić information content (AvgIpc) is 3.10. The van der Waals surface area contributed by atoms with Crippen molar-refractivity contribution in [3.05, 3.63) is 64.5 Å². The minimum absolute atomic E-state index is 0.374. The van der Waals surface area contributed by atoms with Gasteiger partial charge in [0, 0.05) is 47.6 Å². The number of hydrogen-bond donors (Lipinski definition) is 3. The smallest absolute Gasteiger partial charge is 0.136 e. The number of halogens is 2. The van der Waals surface area contributed by atoms with E-state index in [1.165, 1.54) is 0 Å². The summed E-state index contributed by atoms with van der Waals surface area (Å²) in [6.07, 6.45) is 7.71. The molecule has 0 spiro atoms. The molecule has 0 aliphatic carbocycles. The molecule has 0 unspecified atom stereocenters.